The molecule has 1 amide bonds. The lowest BCUT2D eigenvalue weighted by molar-refractivity contribution is -0.114. The number of hydrogen-bond acceptors (Lipinski definition) is 4. The lowest BCUT2D eigenvalue weighted by Gasteiger charge is -2.23. The van der Waals surface area contributed by atoms with Crippen molar-refractivity contribution in [2.45, 2.75) is 19.9 Å². The van der Waals surface area contributed by atoms with Gasteiger partial charge in [0.25, 0.3) is 5.91 Å². The summed E-state index contributed by atoms with van der Waals surface area (Å²) >= 11 is 5.87. The van der Waals surface area contributed by atoms with Crippen LogP contribution >= 0.6 is 11.6 Å². The van der Waals surface area contributed by atoms with E-state index in [1.165, 1.54) is 5.06 Å². The Kier molecular flexibility index (Phi) is 5.22. The number of carbonyl (C=O) groups is 1. The number of amides is 1. The average Bonchev–Trinajstić information content (AvgIpc) is 3.29. The Bertz CT molecular complexity index is 1050. The van der Waals surface area contributed by atoms with E-state index >= 15 is 0 Å². The third-order valence-corrected chi connectivity index (χ3v) is 4.71. The first-order valence-corrected chi connectivity index (χ1v) is 9.52. The lowest BCUT2D eigenvalue weighted by Crippen LogP contribution is -2.38. The van der Waals surface area contributed by atoms with Gasteiger partial charge in [0.15, 0.2) is 11.7 Å². The van der Waals surface area contributed by atoms with Crippen LogP contribution in [0.15, 0.2) is 65.0 Å². The molecule has 0 atom stereocenters. The molecule has 7 nitrogen and oxygen atoms in total. The topological polar surface area (TPSA) is 79.9 Å². The van der Waals surface area contributed by atoms with Gasteiger partial charge in [-0.05, 0) is 55.8 Å². The molecular formula is C21H19ClN4O3. The quantitative estimate of drug-likeness (QED) is 0.575. The number of aromatic nitrogens is 1. The van der Waals surface area contributed by atoms with E-state index in [0.717, 1.165) is 17.9 Å². The molecule has 1 N–H and O–H groups in total. The minimum Gasteiger partial charge on any atom is -0.494 e. The molecule has 148 valence electrons. The Labute approximate surface area is 173 Å². The van der Waals surface area contributed by atoms with Crippen molar-refractivity contribution in [1.29, 1.82) is 5.41 Å². The molecule has 2 aromatic rings. The Morgan fingerprint density at radius 2 is 2.07 bits per heavy atom. The van der Waals surface area contributed by atoms with Crippen LogP contribution in [0, 0.1) is 5.41 Å². The molecule has 0 spiro atoms. The molecule has 29 heavy (non-hydrogen) atoms. The van der Waals surface area contributed by atoms with E-state index in [2.05, 4.69) is 4.99 Å². The van der Waals surface area contributed by atoms with Crippen LogP contribution < -0.4 is 4.74 Å². The highest BCUT2D eigenvalue weighted by Crippen LogP contribution is 2.24. The molecule has 0 aliphatic carbocycles. The van der Waals surface area contributed by atoms with E-state index in [0.29, 0.717) is 29.8 Å². The molecule has 0 saturated heterocycles. The van der Waals surface area contributed by atoms with Crippen LogP contribution in [0.1, 0.15) is 19.0 Å². The van der Waals surface area contributed by atoms with Crippen molar-refractivity contribution in [3.8, 4) is 5.75 Å². The second kappa shape index (κ2) is 7.97. The third-order valence-electron chi connectivity index (χ3n) is 4.46. The molecule has 1 aromatic heterocycles. The monoisotopic (exact) mass is 410 g/mol. The van der Waals surface area contributed by atoms with Gasteiger partial charge in [-0.3, -0.25) is 10.2 Å². The number of hydrogen-bond donors (Lipinski definition) is 1. The highest BCUT2D eigenvalue weighted by atomic mass is 35.5. The second-order valence-electron chi connectivity index (χ2n) is 6.60. The first-order chi connectivity index (χ1) is 14.0. The predicted octanol–water partition coefficient (Wildman–Crippen LogP) is 4.06. The summed E-state index contributed by atoms with van der Waals surface area (Å²) in [6, 6.07) is 11.0. The second-order valence-corrected chi connectivity index (χ2v) is 7.04. The highest BCUT2D eigenvalue weighted by molar-refractivity contribution is 6.32. The van der Waals surface area contributed by atoms with Gasteiger partial charge in [-0.2, -0.15) is 4.99 Å². The van der Waals surface area contributed by atoms with Gasteiger partial charge >= 0.3 is 0 Å². The molecule has 3 heterocycles. The minimum atomic E-state index is -0.449. The van der Waals surface area contributed by atoms with E-state index in [1.807, 2.05) is 35.0 Å². The Morgan fingerprint density at radius 1 is 1.28 bits per heavy atom. The number of hydroxylamine groups is 2. The maximum atomic E-state index is 12.4. The Hall–Kier alpha value is -3.32. The maximum Gasteiger partial charge on any atom is 0.283 e. The number of ether oxygens (including phenoxy) is 1. The maximum absolute atomic E-state index is 12.4. The normalized spacial score (nSPS) is 17.2. The van der Waals surface area contributed by atoms with Gasteiger partial charge in [0.1, 0.15) is 11.5 Å². The molecule has 0 radical (unpaired) electrons. The van der Waals surface area contributed by atoms with Gasteiger partial charge in [0.05, 0.1) is 12.2 Å². The number of fused-ring (bicyclic) bond motifs is 1. The zero-order valence-electron chi connectivity index (χ0n) is 15.8. The summed E-state index contributed by atoms with van der Waals surface area (Å²) < 4.78 is 7.72. The number of carbonyl (C=O) groups excluding carboxylic acids is 1. The van der Waals surface area contributed by atoms with Gasteiger partial charge in [0.2, 0.25) is 0 Å². The number of aryl methyl sites for hydroxylation is 1. The van der Waals surface area contributed by atoms with Crippen LogP contribution in [0.5, 0.6) is 5.75 Å². The van der Waals surface area contributed by atoms with Crippen LogP contribution in [-0.4, -0.2) is 33.8 Å². The first kappa shape index (κ1) is 19.0. The van der Waals surface area contributed by atoms with E-state index in [9.17, 15) is 4.79 Å². The standard InChI is InChI=1S/C21H19ClN4O3/c1-14-12-19-24-21(27)18(20(23)26(19)29-14)13-16-4-2-9-25(16)10-3-11-28-17-7-5-15(22)6-8-17/h2,4-9,12-13,23H,3,10-11H2,1H3/b18-13+,23-20?. The summed E-state index contributed by atoms with van der Waals surface area (Å²) in [5.74, 6) is 1.23. The van der Waals surface area contributed by atoms with Crippen LogP contribution in [-0.2, 0) is 16.2 Å². The summed E-state index contributed by atoms with van der Waals surface area (Å²) in [6.45, 7) is 3.00. The fraction of sp³-hybridized carbons (Fsp3) is 0.190. The van der Waals surface area contributed by atoms with Crippen molar-refractivity contribution in [3.05, 3.63) is 70.7 Å². The van der Waals surface area contributed by atoms with Gasteiger partial charge in [-0.15, -0.1) is 5.06 Å². The van der Waals surface area contributed by atoms with E-state index in [4.69, 9.17) is 26.6 Å². The van der Waals surface area contributed by atoms with Gasteiger partial charge < -0.3 is 14.1 Å². The van der Waals surface area contributed by atoms with Gasteiger partial charge in [-0.1, -0.05) is 11.6 Å². The van der Waals surface area contributed by atoms with Crippen molar-refractivity contribution < 1.29 is 14.4 Å². The van der Waals surface area contributed by atoms with Crippen molar-refractivity contribution >= 4 is 35.3 Å². The third kappa shape index (κ3) is 4.09. The summed E-state index contributed by atoms with van der Waals surface area (Å²) in [5.41, 5.74) is 1.00. The molecule has 2 aliphatic rings. The molecule has 2 aliphatic heterocycles. The first-order valence-electron chi connectivity index (χ1n) is 9.15. The number of nitrogens with one attached hydrogen (secondary N) is 1. The molecule has 0 saturated carbocycles. The van der Waals surface area contributed by atoms with Gasteiger partial charge in [0, 0.05) is 29.5 Å². The lowest BCUT2D eigenvalue weighted by atomic mass is 10.1. The van der Waals surface area contributed by atoms with E-state index in [1.54, 1.807) is 31.2 Å². The molecule has 0 bridgehead atoms. The van der Waals surface area contributed by atoms with Crippen molar-refractivity contribution in [1.82, 2.24) is 9.63 Å². The summed E-state index contributed by atoms with van der Waals surface area (Å²) in [7, 11) is 0. The summed E-state index contributed by atoms with van der Waals surface area (Å²) in [5, 5.41) is 10.2. The molecule has 0 unspecified atom stereocenters. The van der Waals surface area contributed by atoms with E-state index < -0.39 is 5.91 Å². The van der Waals surface area contributed by atoms with Crippen LogP contribution in [0.3, 0.4) is 0 Å². The number of nitrogens with zero attached hydrogens (tertiary/aromatic N) is 3. The number of aliphatic imine (C=N–C) groups is 1. The zero-order valence-corrected chi connectivity index (χ0v) is 16.5. The van der Waals surface area contributed by atoms with Crippen LogP contribution in [0.25, 0.3) is 6.08 Å². The number of allylic oxidation sites excluding steroid dienone is 1. The van der Waals surface area contributed by atoms with Crippen LogP contribution in [0.2, 0.25) is 5.02 Å². The summed E-state index contributed by atoms with van der Waals surface area (Å²) in [4.78, 5) is 21.8. The van der Waals surface area contributed by atoms with Gasteiger partial charge in [-0.25, -0.2) is 0 Å². The Morgan fingerprint density at radius 3 is 2.86 bits per heavy atom. The fourth-order valence-corrected chi connectivity index (χ4v) is 3.19. The molecule has 0 fully saturated rings. The summed E-state index contributed by atoms with van der Waals surface area (Å²) in [6.07, 6.45) is 6.01. The molecule has 8 heteroatoms. The number of halogens is 1. The number of benzene rings is 1. The van der Waals surface area contributed by atoms with Crippen molar-refractivity contribution in [3.63, 3.8) is 0 Å². The zero-order chi connectivity index (χ0) is 20.4. The minimum absolute atomic E-state index is 0.0214. The SMILES string of the molecule is CC1=CC2=NC(=O)/C(=C/c3cccn3CCCOc3ccc(Cl)cc3)C(=N)N2O1. The van der Waals surface area contributed by atoms with E-state index in [-0.39, 0.29) is 11.4 Å². The molecule has 4 rings (SSSR count). The number of rotatable bonds is 6. The van der Waals surface area contributed by atoms with Crippen molar-refractivity contribution in [2.24, 2.45) is 4.99 Å². The predicted molar refractivity (Wildman–Crippen MR) is 111 cm³/mol. The number of amidine groups is 2. The van der Waals surface area contributed by atoms with Crippen molar-refractivity contribution in [2.75, 3.05) is 6.61 Å². The Balaban J connectivity index is 1.41. The average molecular weight is 411 g/mol. The van der Waals surface area contributed by atoms with Crippen LogP contribution in [0.4, 0.5) is 0 Å². The molecular weight excluding hydrogens is 392 g/mol. The largest absolute Gasteiger partial charge is 0.494 e. The fourth-order valence-electron chi connectivity index (χ4n) is 3.07. The molecule has 1 aromatic carbocycles. The highest BCUT2D eigenvalue weighted by Gasteiger charge is 2.34. The smallest absolute Gasteiger partial charge is 0.283 e.